The number of nitrogens with zero attached hydrogens (tertiary/aromatic N) is 1. The lowest BCUT2D eigenvalue weighted by molar-refractivity contribution is -0.131. The second kappa shape index (κ2) is 7.96. The highest BCUT2D eigenvalue weighted by Gasteiger charge is 2.39. The summed E-state index contributed by atoms with van der Waals surface area (Å²) in [7, 11) is 0. The van der Waals surface area contributed by atoms with E-state index in [9.17, 15) is 19.5 Å². The highest BCUT2D eigenvalue weighted by molar-refractivity contribution is 6.05. The van der Waals surface area contributed by atoms with E-state index in [1.54, 1.807) is 12.1 Å². The first-order chi connectivity index (χ1) is 11.5. The van der Waals surface area contributed by atoms with E-state index >= 15 is 0 Å². The molecule has 1 aliphatic heterocycles. The normalized spacial score (nSPS) is 20.0. The number of imide groups is 1. The molecular formula is C16H23N3O5. The molecule has 0 spiro atoms. The molecule has 8 nitrogen and oxygen atoms in total. The van der Waals surface area contributed by atoms with E-state index in [1.165, 1.54) is 6.26 Å². The van der Waals surface area contributed by atoms with Crippen molar-refractivity contribution < 1.29 is 23.9 Å². The third-order valence-electron chi connectivity index (χ3n) is 4.26. The summed E-state index contributed by atoms with van der Waals surface area (Å²) < 4.78 is 5.13. The quantitative estimate of drug-likeness (QED) is 0.602. The van der Waals surface area contributed by atoms with E-state index in [2.05, 4.69) is 10.6 Å². The molecule has 1 aromatic heterocycles. The fraction of sp³-hybridized carbons (Fsp3) is 0.562. The fourth-order valence-corrected chi connectivity index (χ4v) is 2.53. The van der Waals surface area contributed by atoms with E-state index in [4.69, 9.17) is 4.42 Å². The summed E-state index contributed by atoms with van der Waals surface area (Å²) in [5.74, 6) is -0.243. The highest BCUT2D eigenvalue weighted by Crippen LogP contribution is 2.15. The number of furan rings is 1. The maximum Gasteiger partial charge on any atom is 0.325 e. The van der Waals surface area contributed by atoms with Gasteiger partial charge in [-0.15, -0.1) is 0 Å². The molecule has 4 amide bonds. The average Bonchev–Trinajstić information content (AvgIpc) is 3.16. The van der Waals surface area contributed by atoms with Gasteiger partial charge in [0.15, 0.2) is 0 Å². The minimum absolute atomic E-state index is 0.0297. The lowest BCUT2D eigenvalue weighted by Gasteiger charge is -2.22. The Kier molecular flexibility index (Phi) is 5.97. The second-order valence-electron chi connectivity index (χ2n) is 5.95. The van der Waals surface area contributed by atoms with Gasteiger partial charge in [-0.05, 0) is 18.1 Å². The summed E-state index contributed by atoms with van der Waals surface area (Å²) in [6, 6.07) is 1.52. The van der Waals surface area contributed by atoms with Gasteiger partial charge >= 0.3 is 6.03 Å². The van der Waals surface area contributed by atoms with Crippen LogP contribution in [0.3, 0.4) is 0 Å². The Morgan fingerprint density at radius 3 is 2.83 bits per heavy atom. The van der Waals surface area contributed by atoms with Crippen molar-refractivity contribution in [3.63, 3.8) is 0 Å². The molecule has 0 saturated carbocycles. The number of urea groups is 1. The van der Waals surface area contributed by atoms with Crippen molar-refractivity contribution >= 4 is 17.8 Å². The van der Waals surface area contributed by atoms with Gasteiger partial charge in [-0.1, -0.05) is 20.3 Å². The molecule has 1 aliphatic rings. The molecule has 0 aromatic carbocycles. The predicted molar refractivity (Wildman–Crippen MR) is 84.7 cm³/mol. The van der Waals surface area contributed by atoms with Crippen molar-refractivity contribution in [3.8, 4) is 0 Å². The minimum atomic E-state index is -0.899. The fourth-order valence-electron chi connectivity index (χ4n) is 2.53. The summed E-state index contributed by atoms with van der Waals surface area (Å²) in [5, 5.41) is 14.6. The van der Waals surface area contributed by atoms with Crippen LogP contribution in [0.4, 0.5) is 4.79 Å². The van der Waals surface area contributed by atoms with Crippen LogP contribution in [0.15, 0.2) is 22.8 Å². The molecule has 3 atom stereocenters. The lowest BCUT2D eigenvalue weighted by Crippen LogP contribution is -2.44. The number of aliphatic hydroxyl groups is 1. The maximum absolute atomic E-state index is 12.3. The van der Waals surface area contributed by atoms with E-state index in [1.807, 2.05) is 13.8 Å². The van der Waals surface area contributed by atoms with Crippen LogP contribution >= 0.6 is 0 Å². The molecule has 1 saturated heterocycles. The van der Waals surface area contributed by atoms with Crippen molar-refractivity contribution in [2.75, 3.05) is 6.61 Å². The first kappa shape index (κ1) is 18.0. The summed E-state index contributed by atoms with van der Waals surface area (Å²) >= 11 is 0. The SMILES string of the molecule is CC[C@H](C)[C@@H](CO)NC(=O)C[C@@H]1NC(=O)N(Cc2ccco2)C1=O. The van der Waals surface area contributed by atoms with Gasteiger partial charge in [0, 0.05) is 0 Å². The number of carbonyl (C=O) groups excluding carboxylic acids is 3. The molecule has 24 heavy (non-hydrogen) atoms. The molecule has 0 bridgehead atoms. The summed E-state index contributed by atoms with van der Waals surface area (Å²) in [6.45, 7) is 3.75. The van der Waals surface area contributed by atoms with Crippen LogP contribution < -0.4 is 10.6 Å². The minimum Gasteiger partial charge on any atom is -0.467 e. The van der Waals surface area contributed by atoms with Crippen LogP contribution in [-0.4, -0.2) is 46.5 Å². The molecule has 1 aromatic rings. The van der Waals surface area contributed by atoms with Crippen LogP contribution in [-0.2, 0) is 16.1 Å². The molecule has 132 valence electrons. The predicted octanol–water partition coefficient (Wildman–Crippen LogP) is 0.613. The van der Waals surface area contributed by atoms with E-state index in [0.717, 1.165) is 11.3 Å². The average molecular weight is 337 g/mol. The molecular weight excluding hydrogens is 314 g/mol. The first-order valence-corrected chi connectivity index (χ1v) is 8.00. The molecule has 3 N–H and O–H groups in total. The Morgan fingerprint density at radius 1 is 1.50 bits per heavy atom. The van der Waals surface area contributed by atoms with Gasteiger partial charge in [-0.2, -0.15) is 0 Å². The third kappa shape index (κ3) is 4.14. The molecule has 2 rings (SSSR count). The number of hydrogen-bond donors (Lipinski definition) is 3. The van der Waals surface area contributed by atoms with Gasteiger partial charge in [-0.3, -0.25) is 14.5 Å². The lowest BCUT2D eigenvalue weighted by atomic mass is 9.99. The summed E-state index contributed by atoms with van der Waals surface area (Å²) in [5.41, 5.74) is 0. The van der Waals surface area contributed by atoms with Gasteiger partial charge in [0.1, 0.15) is 11.8 Å². The maximum atomic E-state index is 12.3. The molecule has 0 unspecified atom stereocenters. The summed E-state index contributed by atoms with van der Waals surface area (Å²) in [4.78, 5) is 37.3. The Labute approximate surface area is 140 Å². The number of amides is 4. The molecule has 0 aliphatic carbocycles. The van der Waals surface area contributed by atoms with Crippen molar-refractivity contribution in [1.29, 1.82) is 0 Å². The zero-order valence-electron chi connectivity index (χ0n) is 13.8. The molecule has 0 radical (unpaired) electrons. The van der Waals surface area contributed by atoms with Gasteiger partial charge in [0.2, 0.25) is 5.91 Å². The Hall–Kier alpha value is -2.35. The molecule has 8 heteroatoms. The Balaban J connectivity index is 1.92. The number of aliphatic hydroxyl groups excluding tert-OH is 1. The molecule has 2 heterocycles. The standard InChI is InChI=1S/C16H23N3O5/c1-3-10(2)13(9-20)17-14(21)7-12-15(22)19(16(23)18-12)8-11-5-4-6-24-11/h4-6,10,12-13,20H,3,7-9H2,1-2H3,(H,17,21)(H,18,23)/t10-,12-,13+/m0/s1. The topological polar surface area (TPSA) is 112 Å². The van der Waals surface area contributed by atoms with Gasteiger partial charge in [-0.25, -0.2) is 4.79 Å². The Morgan fingerprint density at radius 2 is 2.25 bits per heavy atom. The second-order valence-corrected chi connectivity index (χ2v) is 5.95. The van der Waals surface area contributed by atoms with Crippen molar-refractivity contribution in [2.24, 2.45) is 5.92 Å². The number of carbonyl (C=O) groups is 3. The highest BCUT2D eigenvalue weighted by atomic mass is 16.3. The van der Waals surface area contributed by atoms with Crippen LogP contribution in [0.2, 0.25) is 0 Å². The van der Waals surface area contributed by atoms with Crippen molar-refractivity contribution in [2.45, 2.75) is 45.3 Å². The van der Waals surface area contributed by atoms with Gasteiger partial charge in [0.25, 0.3) is 5.91 Å². The van der Waals surface area contributed by atoms with Crippen molar-refractivity contribution in [3.05, 3.63) is 24.2 Å². The number of nitrogens with one attached hydrogen (secondary N) is 2. The van der Waals surface area contributed by atoms with E-state index in [-0.39, 0.29) is 37.4 Å². The van der Waals surface area contributed by atoms with E-state index in [0.29, 0.717) is 5.76 Å². The van der Waals surface area contributed by atoms with Crippen LogP contribution in [0, 0.1) is 5.92 Å². The van der Waals surface area contributed by atoms with Crippen LogP contribution in [0.5, 0.6) is 0 Å². The monoisotopic (exact) mass is 337 g/mol. The van der Waals surface area contributed by atoms with Crippen LogP contribution in [0.1, 0.15) is 32.4 Å². The summed E-state index contributed by atoms with van der Waals surface area (Å²) in [6.07, 6.45) is 2.11. The van der Waals surface area contributed by atoms with E-state index < -0.39 is 18.0 Å². The first-order valence-electron chi connectivity index (χ1n) is 8.00. The number of hydrogen-bond acceptors (Lipinski definition) is 5. The van der Waals surface area contributed by atoms with Crippen LogP contribution in [0.25, 0.3) is 0 Å². The van der Waals surface area contributed by atoms with Crippen molar-refractivity contribution in [1.82, 2.24) is 15.5 Å². The zero-order chi connectivity index (χ0) is 17.7. The smallest absolute Gasteiger partial charge is 0.325 e. The van der Waals surface area contributed by atoms with Gasteiger partial charge in [0.05, 0.1) is 31.9 Å². The zero-order valence-corrected chi connectivity index (χ0v) is 13.8. The van der Waals surface area contributed by atoms with Gasteiger partial charge < -0.3 is 20.2 Å². The Bertz CT molecular complexity index is 587. The largest absolute Gasteiger partial charge is 0.467 e. The third-order valence-corrected chi connectivity index (χ3v) is 4.26. The number of rotatable bonds is 8. The molecule has 1 fully saturated rings.